The Bertz CT molecular complexity index is 341. The lowest BCUT2D eigenvalue weighted by atomic mass is 10.2. The van der Waals surface area contributed by atoms with E-state index in [1.54, 1.807) is 24.2 Å². The molecule has 0 radical (unpaired) electrons. The lowest BCUT2D eigenvalue weighted by Gasteiger charge is -2.19. The maximum Gasteiger partial charge on any atom is 0.323 e. The second kappa shape index (κ2) is 8.16. The SMILES string of the molecule is CCOC(=O)C(CCSc1ncc[nH]1)NC(C)C. The first kappa shape index (κ1) is 15.0. The Balaban J connectivity index is 2.37. The number of aromatic amines is 1. The molecule has 0 fully saturated rings. The van der Waals surface area contributed by atoms with Crippen molar-refractivity contribution in [2.24, 2.45) is 0 Å². The molecule has 0 saturated carbocycles. The number of carbonyl (C=O) groups excluding carboxylic acids is 1. The molecule has 1 atom stereocenters. The molecule has 0 aliphatic carbocycles. The molecule has 1 aromatic rings. The standard InChI is InChI=1S/C12H21N3O2S/c1-4-17-11(16)10(15-9(2)3)5-8-18-12-13-6-7-14-12/h6-7,9-10,15H,4-5,8H2,1-3H3,(H,13,14). The van der Waals surface area contributed by atoms with Gasteiger partial charge >= 0.3 is 5.97 Å². The third kappa shape index (κ3) is 5.55. The van der Waals surface area contributed by atoms with Crippen LogP contribution in [0.4, 0.5) is 0 Å². The molecule has 0 bridgehead atoms. The first-order chi connectivity index (χ1) is 8.63. The summed E-state index contributed by atoms with van der Waals surface area (Å²) >= 11 is 1.60. The van der Waals surface area contributed by atoms with Gasteiger partial charge in [0.05, 0.1) is 6.61 Å². The van der Waals surface area contributed by atoms with Crippen molar-refractivity contribution in [2.45, 2.75) is 44.4 Å². The van der Waals surface area contributed by atoms with Gasteiger partial charge in [0.25, 0.3) is 0 Å². The molecule has 6 heteroatoms. The molecule has 1 rings (SSSR count). The monoisotopic (exact) mass is 271 g/mol. The van der Waals surface area contributed by atoms with Crippen molar-refractivity contribution in [3.63, 3.8) is 0 Å². The summed E-state index contributed by atoms with van der Waals surface area (Å²) < 4.78 is 5.06. The van der Waals surface area contributed by atoms with Crippen LogP contribution in [0.1, 0.15) is 27.2 Å². The van der Waals surface area contributed by atoms with Gasteiger partial charge in [0.1, 0.15) is 6.04 Å². The fraction of sp³-hybridized carbons (Fsp3) is 0.667. The molecule has 102 valence electrons. The summed E-state index contributed by atoms with van der Waals surface area (Å²) in [6.07, 6.45) is 4.23. The lowest BCUT2D eigenvalue weighted by Crippen LogP contribution is -2.42. The summed E-state index contributed by atoms with van der Waals surface area (Å²) in [4.78, 5) is 18.9. The van der Waals surface area contributed by atoms with E-state index in [1.807, 2.05) is 20.8 Å². The van der Waals surface area contributed by atoms with Crippen LogP contribution >= 0.6 is 11.8 Å². The van der Waals surface area contributed by atoms with E-state index in [-0.39, 0.29) is 18.1 Å². The Hall–Kier alpha value is -1.01. The van der Waals surface area contributed by atoms with Gasteiger partial charge in [-0.25, -0.2) is 4.98 Å². The van der Waals surface area contributed by atoms with Crippen molar-refractivity contribution in [3.8, 4) is 0 Å². The molecular weight excluding hydrogens is 250 g/mol. The molecule has 18 heavy (non-hydrogen) atoms. The van der Waals surface area contributed by atoms with Crippen LogP contribution in [0.2, 0.25) is 0 Å². The number of rotatable bonds is 8. The Morgan fingerprint density at radius 3 is 2.94 bits per heavy atom. The highest BCUT2D eigenvalue weighted by Gasteiger charge is 2.20. The summed E-state index contributed by atoms with van der Waals surface area (Å²) in [5.74, 6) is 0.641. The average Bonchev–Trinajstić information content (AvgIpc) is 2.80. The minimum atomic E-state index is -0.243. The van der Waals surface area contributed by atoms with Gasteiger partial charge in [0.15, 0.2) is 5.16 Å². The highest BCUT2D eigenvalue weighted by molar-refractivity contribution is 7.99. The zero-order chi connectivity index (χ0) is 13.4. The van der Waals surface area contributed by atoms with Crippen LogP contribution in [0, 0.1) is 0 Å². The molecule has 0 amide bonds. The number of ether oxygens (including phenoxy) is 1. The van der Waals surface area contributed by atoms with Crippen LogP contribution in [-0.4, -0.2) is 40.4 Å². The summed E-state index contributed by atoms with van der Waals surface area (Å²) in [5.41, 5.74) is 0. The summed E-state index contributed by atoms with van der Waals surface area (Å²) in [6.45, 7) is 6.28. The number of hydrogen-bond donors (Lipinski definition) is 2. The molecule has 0 aliphatic heterocycles. The maximum absolute atomic E-state index is 11.8. The van der Waals surface area contributed by atoms with E-state index in [0.717, 1.165) is 17.3 Å². The van der Waals surface area contributed by atoms with Gasteiger partial charge in [0.2, 0.25) is 0 Å². The number of aromatic nitrogens is 2. The van der Waals surface area contributed by atoms with E-state index >= 15 is 0 Å². The van der Waals surface area contributed by atoms with E-state index < -0.39 is 0 Å². The average molecular weight is 271 g/mol. The highest BCUT2D eigenvalue weighted by Crippen LogP contribution is 2.14. The molecule has 1 aromatic heterocycles. The van der Waals surface area contributed by atoms with Crippen LogP contribution in [-0.2, 0) is 9.53 Å². The number of thioether (sulfide) groups is 1. The summed E-state index contributed by atoms with van der Waals surface area (Å²) in [6, 6.07) is 0.0143. The minimum absolute atomic E-state index is 0.175. The number of carbonyl (C=O) groups is 1. The predicted octanol–water partition coefficient (Wildman–Crippen LogP) is 1.82. The molecule has 2 N–H and O–H groups in total. The Morgan fingerprint density at radius 2 is 2.39 bits per heavy atom. The number of nitrogens with zero attached hydrogens (tertiary/aromatic N) is 1. The normalized spacial score (nSPS) is 12.7. The largest absolute Gasteiger partial charge is 0.465 e. The van der Waals surface area contributed by atoms with Crippen molar-refractivity contribution < 1.29 is 9.53 Å². The first-order valence-electron chi connectivity index (χ1n) is 6.18. The van der Waals surface area contributed by atoms with Gasteiger partial charge < -0.3 is 15.0 Å². The summed E-state index contributed by atoms with van der Waals surface area (Å²) in [7, 11) is 0. The van der Waals surface area contributed by atoms with Gasteiger partial charge in [-0.2, -0.15) is 0 Å². The second-order valence-corrected chi connectivity index (χ2v) is 5.24. The predicted molar refractivity (Wildman–Crippen MR) is 72.6 cm³/mol. The van der Waals surface area contributed by atoms with Crippen molar-refractivity contribution in [1.82, 2.24) is 15.3 Å². The first-order valence-corrected chi connectivity index (χ1v) is 7.17. The van der Waals surface area contributed by atoms with Crippen LogP contribution in [0.3, 0.4) is 0 Å². The smallest absolute Gasteiger partial charge is 0.323 e. The van der Waals surface area contributed by atoms with Crippen molar-refractivity contribution in [1.29, 1.82) is 0 Å². The van der Waals surface area contributed by atoms with Gasteiger partial charge in [-0.15, -0.1) is 0 Å². The van der Waals surface area contributed by atoms with Crippen LogP contribution in [0.25, 0.3) is 0 Å². The number of hydrogen-bond acceptors (Lipinski definition) is 5. The molecule has 1 unspecified atom stereocenters. The van der Waals surface area contributed by atoms with E-state index in [9.17, 15) is 4.79 Å². The molecule has 0 saturated heterocycles. The third-order valence-corrected chi connectivity index (χ3v) is 3.16. The third-order valence-electron chi connectivity index (χ3n) is 2.22. The number of H-pyrrole nitrogens is 1. The van der Waals surface area contributed by atoms with Gasteiger partial charge in [-0.1, -0.05) is 25.6 Å². The topological polar surface area (TPSA) is 67.0 Å². The van der Waals surface area contributed by atoms with Crippen LogP contribution in [0.15, 0.2) is 17.6 Å². The van der Waals surface area contributed by atoms with Gasteiger partial charge in [-0.3, -0.25) is 4.79 Å². The molecule has 0 spiro atoms. The van der Waals surface area contributed by atoms with Crippen molar-refractivity contribution in [2.75, 3.05) is 12.4 Å². The zero-order valence-corrected chi connectivity index (χ0v) is 11.9. The number of esters is 1. The summed E-state index contributed by atoms with van der Waals surface area (Å²) in [5, 5.41) is 4.10. The molecule has 0 aliphatic rings. The zero-order valence-electron chi connectivity index (χ0n) is 11.1. The fourth-order valence-corrected chi connectivity index (χ4v) is 2.35. The number of imidazole rings is 1. The lowest BCUT2D eigenvalue weighted by molar-refractivity contribution is -0.145. The van der Waals surface area contributed by atoms with Gasteiger partial charge in [-0.05, 0) is 13.3 Å². The highest BCUT2D eigenvalue weighted by atomic mass is 32.2. The van der Waals surface area contributed by atoms with Crippen molar-refractivity contribution in [3.05, 3.63) is 12.4 Å². The van der Waals surface area contributed by atoms with E-state index in [2.05, 4.69) is 15.3 Å². The maximum atomic E-state index is 11.8. The second-order valence-electron chi connectivity index (χ2n) is 4.16. The Morgan fingerprint density at radius 1 is 1.61 bits per heavy atom. The van der Waals surface area contributed by atoms with E-state index in [1.165, 1.54) is 0 Å². The molecule has 5 nitrogen and oxygen atoms in total. The Kier molecular flexibility index (Phi) is 6.82. The fourth-order valence-electron chi connectivity index (χ4n) is 1.52. The molecule has 0 aromatic carbocycles. The molecule has 1 heterocycles. The van der Waals surface area contributed by atoms with Crippen molar-refractivity contribution >= 4 is 17.7 Å². The van der Waals surface area contributed by atoms with Gasteiger partial charge in [0, 0.05) is 24.2 Å². The van der Waals surface area contributed by atoms with Crippen LogP contribution in [0.5, 0.6) is 0 Å². The van der Waals surface area contributed by atoms with E-state index in [0.29, 0.717) is 6.61 Å². The molecular formula is C12H21N3O2S. The van der Waals surface area contributed by atoms with Crippen LogP contribution < -0.4 is 5.32 Å². The van der Waals surface area contributed by atoms with E-state index in [4.69, 9.17) is 4.74 Å². The number of nitrogens with one attached hydrogen (secondary N) is 2. The minimum Gasteiger partial charge on any atom is -0.465 e. The Labute approximate surface area is 112 Å². The quantitative estimate of drug-likeness (QED) is 0.557.